The van der Waals surface area contributed by atoms with Crippen molar-refractivity contribution in [2.45, 2.75) is 13.3 Å². The molecule has 1 fully saturated rings. The first-order valence-electron chi connectivity index (χ1n) is 4.82. The Morgan fingerprint density at radius 2 is 1.86 bits per heavy atom. The second-order valence-electron chi connectivity index (χ2n) is 4.41. The number of hydrogen-bond donors (Lipinski definition) is 0. The van der Waals surface area contributed by atoms with Crippen LogP contribution in [-0.2, 0) is 0 Å². The van der Waals surface area contributed by atoms with Gasteiger partial charge in [-0.2, -0.15) is 0 Å². The quantitative estimate of drug-likeness (QED) is 0.621. The highest BCUT2D eigenvalue weighted by molar-refractivity contribution is 6.20. The molecule has 2 nitrogen and oxygen atoms in total. The van der Waals surface area contributed by atoms with Gasteiger partial charge in [-0.05, 0) is 6.42 Å². The zero-order valence-corrected chi connectivity index (χ0v) is 7.91. The maximum absolute atomic E-state index is 12.0. The van der Waals surface area contributed by atoms with Crippen LogP contribution in [0.5, 0.6) is 0 Å². The number of Topliss-reactive ketones (excluding diaryl/α,β-unsaturated/α-hetero) is 2. The van der Waals surface area contributed by atoms with E-state index in [1.807, 2.05) is 19.1 Å². The van der Waals surface area contributed by atoms with Crippen LogP contribution in [0.4, 0.5) is 0 Å². The first-order valence-corrected chi connectivity index (χ1v) is 4.82. The molecule has 0 saturated heterocycles. The second-order valence-corrected chi connectivity index (χ2v) is 4.41. The molecule has 70 valence electrons. The Hall–Kier alpha value is -1.44. The molecular weight excluding hydrogens is 176 g/mol. The van der Waals surface area contributed by atoms with Crippen molar-refractivity contribution in [3.8, 4) is 0 Å². The van der Waals surface area contributed by atoms with Crippen molar-refractivity contribution < 1.29 is 9.59 Å². The topological polar surface area (TPSA) is 34.1 Å². The lowest BCUT2D eigenvalue weighted by Crippen LogP contribution is -2.26. The van der Waals surface area contributed by atoms with Gasteiger partial charge in [0.05, 0.1) is 0 Å². The van der Waals surface area contributed by atoms with Crippen LogP contribution in [0.25, 0.3) is 0 Å². The molecule has 2 aliphatic carbocycles. The van der Waals surface area contributed by atoms with E-state index in [9.17, 15) is 9.59 Å². The average Bonchev–Trinajstić information content (AvgIpc) is 2.89. The summed E-state index contributed by atoms with van der Waals surface area (Å²) in [6.07, 6.45) is 0.735. The molecule has 1 aromatic carbocycles. The number of fused-ring (bicyclic) bond motifs is 2. The van der Waals surface area contributed by atoms with Gasteiger partial charge in [0.2, 0.25) is 0 Å². The zero-order chi connectivity index (χ0) is 9.92. The molecule has 0 N–H and O–H groups in total. The van der Waals surface area contributed by atoms with E-state index in [4.69, 9.17) is 0 Å². The molecule has 2 atom stereocenters. The largest absolute Gasteiger partial charge is 0.294 e. The van der Waals surface area contributed by atoms with Gasteiger partial charge in [-0.25, -0.2) is 0 Å². The van der Waals surface area contributed by atoms with Gasteiger partial charge in [-0.3, -0.25) is 9.59 Å². The summed E-state index contributed by atoms with van der Waals surface area (Å²) in [7, 11) is 0. The van der Waals surface area contributed by atoms with Gasteiger partial charge in [0.25, 0.3) is 0 Å². The smallest absolute Gasteiger partial charge is 0.170 e. The molecular formula is C12H10O2. The van der Waals surface area contributed by atoms with Crippen molar-refractivity contribution in [2.75, 3.05) is 0 Å². The summed E-state index contributed by atoms with van der Waals surface area (Å²) in [6, 6.07) is 7.15. The summed E-state index contributed by atoms with van der Waals surface area (Å²) in [6.45, 7) is 1.90. The summed E-state index contributed by atoms with van der Waals surface area (Å²) >= 11 is 0. The molecule has 2 unspecified atom stereocenters. The molecule has 0 heterocycles. The van der Waals surface area contributed by atoms with Crippen LogP contribution in [-0.4, -0.2) is 11.6 Å². The second kappa shape index (κ2) is 2.14. The summed E-state index contributed by atoms with van der Waals surface area (Å²) in [5.41, 5.74) is 0.872. The number of benzene rings is 1. The van der Waals surface area contributed by atoms with Crippen LogP contribution in [0.1, 0.15) is 34.1 Å². The van der Waals surface area contributed by atoms with E-state index in [0.717, 1.165) is 6.42 Å². The van der Waals surface area contributed by atoms with Gasteiger partial charge in [0.1, 0.15) is 0 Å². The molecule has 0 spiro atoms. The van der Waals surface area contributed by atoms with Crippen molar-refractivity contribution in [1.29, 1.82) is 0 Å². The van der Waals surface area contributed by atoms with E-state index < -0.39 is 0 Å². The van der Waals surface area contributed by atoms with E-state index in [2.05, 4.69) is 0 Å². The van der Waals surface area contributed by atoms with Gasteiger partial charge in [-0.1, -0.05) is 31.2 Å². The first-order chi connectivity index (χ1) is 6.64. The van der Waals surface area contributed by atoms with E-state index in [1.54, 1.807) is 12.1 Å². The Bertz CT molecular complexity index is 461. The maximum atomic E-state index is 12.0. The third-order valence-corrected chi connectivity index (χ3v) is 3.51. The molecule has 1 aromatic rings. The normalized spacial score (nSPS) is 33.6. The van der Waals surface area contributed by atoms with Crippen LogP contribution >= 0.6 is 0 Å². The number of hydrogen-bond acceptors (Lipinski definition) is 2. The summed E-state index contributed by atoms with van der Waals surface area (Å²) in [5, 5.41) is 0. The Balaban J connectivity index is 2.27. The van der Waals surface area contributed by atoms with Crippen molar-refractivity contribution in [1.82, 2.24) is 0 Å². The lowest BCUT2D eigenvalue weighted by atomic mass is 9.83. The summed E-state index contributed by atoms with van der Waals surface area (Å²) in [4.78, 5) is 23.8. The van der Waals surface area contributed by atoms with E-state index >= 15 is 0 Å². The molecule has 0 aliphatic heterocycles. The minimum atomic E-state index is -0.370. The first kappa shape index (κ1) is 7.92. The lowest BCUT2D eigenvalue weighted by molar-refractivity contribution is 0.0824. The Labute approximate surface area is 81.9 Å². The van der Waals surface area contributed by atoms with Crippen molar-refractivity contribution in [3.63, 3.8) is 0 Å². The molecule has 3 rings (SSSR count). The predicted molar refractivity (Wildman–Crippen MR) is 51.3 cm³/mol. The predicted octanol–water partition coefficient (Wildman–Crippen LogP) is 2.09. The SMILES string of the molecule is CC12CC1C(=O)c1ccccc1C2=O. The highest BCUT2D eigenvalue weighted by atomic mass is 16.1. The van der Waals surface area contributed by atoms with Gasteiger partial charge in [0, 0.05) is 22.5 Å². The van der Waals surface area contributed by atoms with Crippen LogP contribution in [0, 0.1) is 11.3 Å². The maximum Gasteiger partial charge on any atom is 0.170 e. The molecule has 2 aliphatic rings. The zero-order valence-electron chi connectivity index (χ0n) is 7.91. The van der Waals surface area contributed by atoms with E-state index in [0.29, 0.717) is 11.1 Å². The fraction of sp³-hybridized carbons (Fsp3) is 0.333. The van der Waals surface area contributed by atoms with Crippen LogP contribution in [0.2, 0.25) is 0 Å². The number of carbonyl (C=O) groups excluding carboxylic acids is 2. The Morgan fingerprint density at radius 3 is 2.57 bits per heavy atom. The van der Waals surface area contributed by atoms with Gasteiger partial charge in [-0.15, -0.1) is 0 Å². The third kappa shape index (κ3) is 0.722. The fourth-order valence-corrected chi connectivity index (χ4v) is 2.39. The van der Waals surface area contributed by atoms with Crippen molar-refractivity contribution in [3.05, 3.63) is 35.4 Å². The molecule has 0 aromatic heterocycles. The van der Waals surface area contributed by atoms with E-state index in [-0.39, 0.29) is 22.9 Å². The fourth-order valence-electron chi connectivity index (χ4n) is 2.39. The molecule has 0 bridgehead atoms. The summed E-state index contributed by atoms with van der Waals surface area (Å²) < 4.78 is 0. The highest BCUT2D eigenvalue weighted by Gasteiger charge is 2.62. The van der Waals surface area contributed by atoms with Crippen LogP contribution in [0.15, 0.2) is 24.3 Å². The lowest BCUT2D eigenvalue weighted by Gasteiger charge is -2.18. The molecule has 0 amide bonds. The highest BCUT2D eigenvalue weighted by Crippen LogP contribution is 2.58. The Kier molecular flexibility index (Phi) is 1.21. The average molecular weight is 186 g/mol. The van der Waals surface area contributed by atoms with Crippen molar-refractivity contribution >= 4 is 11.6 Å². The number of ketones is 2. The van der Waals surface area contributed by atoms with Crippen LogP contribution < -0.4 is 0 Å². The Morgan fingerprint density at radius 1 is 1.21 bits per heavy atom. The van der Waals surface area contributed by atoms with E-state index in [1.165, 1.54) is 0 Å². The molecule has 1 saturated carbocycles. The van der Waals surface area contributed by atoms with Gasteiger partial charge in [0.15, 0.2) is 11.6 Å². The minimum Gasteiger partial charge on any atom is -0.294 e. The number of rotatable bonds is 0. The number of carbonyl (C=O) groups is 2. The van der Waals surface area contributed by atoms with Gasteiger partial charge >= 0.3 is 0 Å². The standard InChI is InChI=1S/C12H10O2/c1-12-6-9(12)10(13)7-4-2-3-5-8(7)11(12)14/h2-5,9H,6H2,1H3. The molecule has 2 heteroatoms. The third-order valence-electron chi connectivity index (χ3n) is 3.51. The van der Waals surface area contributed by atoms with Crippen LogP contribution in [0.3, 0.4) is 0 Å². The monoisotopic (exact) mass is 186 g/mol. The minimum absolute atomic E-state index is 0.0371. The molecule has 0 radical (unpaired) electrons. The van der Waals surface area contributed by atoms with Crippen molar-refractivity contribution in [2.24, 2.45) is 11.3 Å². The van der Waals surface area contributed by atoms with Gasteiger partial charge < -0.3 is 0 Å². The molecule has 14 heavy (non-hydrogen) atoms. The summed E-state index contributed by atoms with van der Waals surface area (Å²) in [5.74, 6) is 0.269.